The average Bonchev–Trinajstić information content (AvgIpc) is 3.12. The van der Waals surface area contributed by atoms with Gasteiger partial charge in [-0.2, -0.15) is 0 Å². The average molecular weight is 453 g/mol. The number of aliphatic hydroxyl groups excluding tert-OH is 5. The van der Waals surface area contributed by atoms with Gasteiger partial charge in [0.05, 0.1) is 18.3 Å². The maximum absolute atomic E-state index is 11.6. The molecule has 0 spiro atoms. The smallest absolute Gasteiger partial charge is 0.0602 e. The Balaban J connectivity index is 1.50. The van der Waals surface area contributed by atoms with Gasteiger partial charge < -0.3 is 25.5 Å². The first kappa shape index (κ1) is 24.9. The Kier molecular flexibility index (Phi) is 7.36. The zero-order valence-corrected chi connectivity index (χ0v) is 20.5. The minimum Gasteiger partial charge on any atom is -0.396 e. The van der Waals surface area contributed by atoms with Crippen LogP contribution in [0, 0.1) is 52.3 Å². The van der Waals surface area contributed by atoms with Gasteiger partial charge in [0, 0.05) is 19.1 Å². The number of hydrogen-bond acceptors (Lipinski definition) is 5. The number of aliphatic hydroxyl groups is 5. The number of hydrogen-bond donors (Lipinski definition) is 5. The van der Waals surface area contributed by atoms with Crippen molar-refractivity contribution in [1.82, 2.24) is 0 Å². The van der Waals surface area contributed by atoms with E-state index in [4.69, 9.17) is 0 Å². The molecule has 0 bridgehead atoms. The van der Waals surface area contributed by atoms with E-state index in [0.717, 1.165) is 64.2 Å². The standard InChI is InChI=1S/C27H48O5/c1-16(5-4-6-17(14-28)15-29)20-7-8-21-25-22(13-24(32)27(20,21)3)26(2)10-9-19(30)11-18(26)12-23(25)31/h16-25,28-32H,4-15H2,1-3H3/t16?,18-,19+,20-,21+,22+,23-,24+,25+,26?,27?/m1/s1. The minimum absolute atomic E-state index is 0.0183. The zero-order chi connectivity index (χ0) is 23.3. The van der Waals surface area contributed by atoms with Crippen molar-refractivity contribution in [3.05, 3.63) is 0 Å². The molecule has 0 amide bonds. The molecule has 4 aliphatic rings. The van der Waals surface area contributed by atoms with Crippen LogP contribution in [0.5, 0.6) is 0 Å². The van der Waals surface area contributed by atoms with Crippen molar-refractivity contribution < 1.29 is 25.5 Å². The third-order valence-electron chi connectivity index (χ3n) is 11.3. The Hall–Kier alpha value is -0.200. The fourth-order valence-electron chi connectivity index (χ4n) is 9.30. The molecule has 4 saturated carbocycles. The van der Waals surface area contributed by atoms with E-state index in [9.17, 15) is 25.5 Å². The van der Waals surface area contributed by atoms with Gasteiger partial charge in [-0.3, -0.25) is 0 Å². The van der Waals surface area contributed by atoms with E-state index < -0.39 is 0 Å². The van der Waals surface area contributed by atoms with Gasteiger partial charge in [0.2, 0.25) is 0 Å². The van der Waals surface area contributed by atoms with Crippen LogP contribution in [0.4, 0.5) is 0 Å². The monoisotopic (exact) mass is 452 g/mol. The Labute approximate surface area is 194 Å². The summed E-state index contributed by atoms with van der Waals surface area (Å²) < 4.78 is 0. The summed E-state index contributed by atoms with van der Waals surface area (Å²) in [6.07, 6.45) is 8.51. The maximum Gasteiger partial charge on any atom is 0.0602 e. The lowest BCUT2D eigenvalue weighted by molar-refractivity contribution is -0.207. The number of fused-ring (bicyclic) bond motifs is 5. The summed E-state index contributed by atoms with van der Waals surface area (Å²) in [5.74, 6) is 2.27. The molecule has 0 aromatic rings. The highest BCUT2D eigenvalue weighted by Crippen LogP contribution is 2.68. The summed E-state index contributed by atoms with van der Waals surface area (Å²) in [5, 5.41) is 52.0. The maximum atomic E-state index is 11.6. The highest BCUT2D eigenvalue weighted by Gasteiger charge is 2.65. The normalized spacial score (nSPS) is 49.4. The van der Waals surface area contributed by atoms with Crippen molar-refractivity contribution in [3.63, 3.8) is 0 Å². The van der Waals surface area contributed by atoms with Crippen LogP contribution in [0.3, 0.4) is 0 Å². The lowest BCUT2D eigenvalue weighted by Gasteiger charge is -2.63. The molecule has 0 aromatic heterocycles. The first-order chi connectivity index (χ1) is 15.2. The van der Waals surface area contributed by atoms with Gasteiger partial charge in [-0.05, 0) is 97.7 Å². The predicted octanol–water partition coefficient (Wildman–Crippen LogP) is 3.36. The summed E-state index contributed by atoms with van der Waals surface area (Å²) >= 11 is 0. The van der Waals surface area contributed by atoms with E-state index in [0.29, 0.717) is 29.6 Å². The van der Waals surface area contributed by atoms with Crippen molar-refractivity contribution in [2.75, 3.05) is 13.2 Å². The number of rotatable bonds is 7. The van der Waals surface area contributed by atoms with Crippen LogP contribution in [0.1, 0.15) is 85.0 Å². The Morgan fingerprint density at radius 3 is 2.28 bits per heavy atom. The van der Waals surface area contributed by atoms with Crippen LogP contribution in [-0.2, 0) is 0 Å². The molecule has 3 unspecified atom stereocenters. The van der Waals surface area contributed by atoms with Crippen molar-refractivity contribution >= 4 is 0 Å². The van der Waals surface area contributed by atoms with E-state index in [2.05, 4.69) is 20.8 Å². The van der Waals surface area contributed by atoms with Crippen molar-refractivity contribution in [2.45, 2.75) is 103 Å². The van der Waals surface area contributed by atoms with Crippen LogP contribution in [0.15, 0.2) is 0 Å². The fraction of sp³-hybridized carbons (Fsp3) is 1.00. The molecule has 186 valence electrons. The first-order valence-corrected chi connectivity index (χ1v) is 13.4. The minimum atomic E-state index is -0.332. The Morgan fingerprint density at radius 1 is 0.875 bits per heavy atom. The lowest BCUT2D eigenvalue weighted by atomic mass is 9.43. The van der Waals surface area contributed by atoms with Gasteiger partial charge in [0.25, 0.3) is 0 Å². The second-order valence-electron chi connectivity index (χ2n) is 12.7. The van der Waals surface area contributed by atoms with Crippen molar-refractivity contribution in [3.8, 4) is 0 Å². The molecule has 4 fully saturated rings. The molecule has 32 heavy (non-hydrogen) atoms. The van der Waals surface area contributed by atoms with Gasteiger partial charge in [-0.25, -0.2) is 0 Å². The van der Waals surface area contributed by atoms with E-state index in [1.807, 2.05) is 0 Å². The molecule has 0 radical (unpaired) electrons. The molecule has 0 aliphatic heterocycles. The van der Waals surface area contributed by atoms with Crippen LogP contribution in [0.2, 0.25) is 0 Å². The second-order valence-corrected chi connectivity index (χ2v) is 12.7. The molecule has 5 N–H and O–H groups in total. The third-order valence-corrected chi connectivity index (χ3v) is 11.3. The van der Waals surface area contributed by atoms with Crippen molar-refractivity contribution in [2.24, 2.45) is 52.3 Å². The molecule has 11 atom stereocenters. The molecule has 0 heterocycles. The van der Waals surface area contributed by atoms with E-state index in [-0.39, 0.29) is 54.2 Å². The van der Waals surface area contributed by atoms with Crippen LogP contribution in [-0.4, -0.2) is 57.1 Å². The van der Waals surface area contributed by atoms with E-state index in [1.165, 1.54) is 0 Å². The topological polar surface area (TPSA) is 101 Å². The van der Waals surface area contributed by atoms with Gasteiger partial charge in [0.1, 0.15) is 0 Å². The summed E-state index contributed by atoms with van der Waals surface area (Å²) in [6, 6.07) is 0. The van der Waals surface area contributed by atoms with Gasteiger partial charge in [-0.15, -0.1) is 0 Å². The summed E-state index contributed by atoms with van der Waals surface area (Å²) in [6.45, 7) is 7.11. The molecular formula is C27H48O5. The van der Waals surface area contributed by atoms with Crippen LogP contribution in [0.25, 0.3) is 0 Å². The van der Waals surface area contributed by atoms with Gasteiger partial charge >= 0.3 is 0 Å². The first-order valence-electron chi connectivity index (χ1n) is 13.4. The van der Waals surface area contributed by atoms with E-state index >= 15 is 0 Å². The summed E-state index contributed by atoms with van der Waals surface area (Å²) in [5.41, 5.74) is -0.0228. The lowest BCUT2D eigenvalue weighted by Crippen LogP contribution is -2.62. The van der Waals surface area contributed by atoms with Crippen LogP contribution >= 0.6 is 0 Å². The van der Waals surface area contributed by atoms with Gasteiger partial charge in [0.15, 0.2) is 0 Å². The Morgan fingerprint density at radius 2 is 1.59 bits per heavy atom. The molecule has 0 aromatic carbocycles. The summed E-state index contributed by atoms with van der Waals surface area (Å²) in [4.78, 5) is 0. The van der Waals surface area contributed by atoms with E-state index in [1.54, 1.807) is 0 Å². The highest BCUT2D eigenvalue weighted by molar-refractivity contribution is 5.14. The molecule has 0 saturated heterocycles. The second kappa shape index (κ2) is 9.45. The largest absolute Gasteiger partial charge is 0.396 e. The summed E-state index contributed by atoms with van der Waals surface area (Å²) in [7, 11) is 0. The van der Waals surface area contributed by atoms with Crippen molar-refractivity contribution in [1.29, 1.82) is 0 Å². The molecule has 4 rings (SSSR count). The fourth-order valence-corrected chi connectivity index (χ4v) is 9.30. The van der Waals surface area contributed by atoms with Crippen LogP contribution < -0.4 is 0 Å². The molecule has 5 nitrogen and oxygen atoms in total. The highest BCUT2D eigenvalue weighted by atomic mass is 16.3. The molecule has 5 heteroatoms. The predicted molar refractivity (Wildman–Crippen MR) is 125 cm³/mol. The zero-order valence-electron chi connectivity index (χ0n) is 20.5. The quantitative estimate of drug-likeness (QED) is 0.408. The third kappa shape index (κ3) is 3.98. The Bertz CT molecular complexity index is 638. The van der Waals surface area contributed by atoms with Gasteiger partial charge in [-0.1, -0.05) is 33.6 Å². The molecule has 4 aliphatic carbocycles. The molecular weight excluding hydrogens is 404 g/mol. The SMILES string of the molecule is CC(CCCC(CO)CO)[C@H]1CC[C@H]2[C@@H]3[C@H](O)C[C@H]4C[C@@H](O)CCC4(C)[C@H]3C[C@H](O)C12C.